The molecule has 0 bridgehead atoms. The van der Waals surface area contributed by atoms with Crippen LogP contribution >= 0.6 is 0 Å². The number of anilines is 2. The molecule has 7 heteroatoms. The fourth-order valence-electron chi connectivity index (χ4n) is 4.87. The molecule has 33 heavy (non-hydrogen) atoms. The second kappa shape index (κ2) is 9.65. The predicted octanol–water partition coefficient (Wildman–Crippen LogP) is 3.59. The Hall–Kier alpha value is -3.35. The van der Waals surface area contributed by atoms with Crippen molar-refractivity contribution in [2.75, 3.05) is 55.7 Å². The minimum absolute atomic E-state index is 0.0234. The van der Waals surface area contributed by atoms with Crippen LogP contribution in [0.25, 0.3) is 11.0 Å². The van der Waals surface area contributed by atoms with Crippen LogP contribution in [0, 0.1) is 5.92 Å². The number of ether oxygens (including phenoxy) is 1. The lowest BCUT2D eigenvalue weighted by molar-refractivity contribution is -0.136. The Morgan fingerprint density at radius 1 is 0.909 bits per heavy atom. The summed E-state index contributed by atoms with van der Waals surface area (Å²) in [4.78, 5) is 29.6. The molecule has 2 fully saturated rings. The van der Waals surface area contributed by atoms with Crippen molar-refractivity contribution in [2.24, 2.45) is 5.92 Å². The number of piperazine rings is 1. The first-order chi connectivity index (χ1) is 16.2. The molecule has 0 N–H and O–H groups in total. The largest absolute Gasteiger partial charge is 0.475 e. The first-order valence-corrected chi connectivity index (χ1v) is 12.0. The van der Waals surface area contributed by atoms with Crippen LogP contribution in [0.5, 0.6) is 5.88 Å². The summed E-state index contributed by atoms with van der Waals surface area (Å²) in [6.07, 6.45) is 1.87. The van der Waals surface area contributed by atoms with Gasteiger partial charge in [0.25, 0.3) is 5.88 Å². The van der Waals surface area contributed by atoms with Crippen LogP contribution in [-0.2, 0) is 4.79 Å². The number of amides is 1. The maximum absolute atomic E-state index is 13.4. The minimum atomic E-state index is -0.0234. The van der Waals surface area contributed by atoms with Crippen LogP contribution < -0.4 is 14.5 Å². The van der Waals surface area contributed by atoms with Crippen LogP contribution in [0.3, 0.4) is 0 Å². The first-order valence-electron chi connectivity index (χ1n) is 12.0. The van der Waals surface area contributed by atoms with Gasteiger partial charge < -0.3 is 19.4 Å². The lowest BCUT2D eigenvalue weighted by atomic mass is 9.96. The summed E-state index contributed by atoms with van der Waals surface area (Å²) in [5.74, 6) is 1.55. The van der Waals surface area contributed by atoms with Crippen LogP contribution in [0.1, 0.15) is 19.8 Å². The number of benzene rings is 2. The zero-order chi connectivity index (χ0) is 22.6. The lowest BCUT2D eigenvalue weighted by Gasteiger charge is -2.40. The molecule has 1 aromatic heterocycles. The van der Waals surface area contributed by atoms with E-state index >= 15 is 0 Å². The van der Waals surface area contributed by atoms with Crippen molar-refractivity contribution in [3.8, 4) is 5.88 Å². The Bertz CT molecular complexity index is 1100. The highest BCUT2D eigenvalue weighted by molar-refractivity contribution is 5.81. The summed E-state index contributed by atoms with van der Waals surface area (Å²) in [5.41, 5.74) is 2.90. The van der Waals surface area contributed by atoms with Crippen molar-refractivity contribution in [1.29, 1.82) is 0 Å². The number of hydrogen-bond donors (Lipinski definition) is 0. The Morgan fingerprint density at radius 2 is 1.61 bits per heavy atom. The average Bonchev–Trinajstić information content (AvgIpc) is 2.89. The van der Waals surface area contributed by atoms with E-state index in [-0.39, 0.29) is 11.8 Å². The van der Waals surface area contributed by atoms with Gasteiger partial charge >= 0.3 is 0 Å². The van der Waals surface area contributed by atoms with Gasteiger partial charge in [-0.3, -0.25) is 4.79 Å². The maximum atomic E-state index is 13.4. The van der Waals surface area contributed by atoms with Crippen molar-refractivity contribution in [1.82, 2.24) is 14.9 Å². The summed E-state index contributed by atoms with van der Waals surface area (Å²) in [6, 6.07) is 18.3. The van der Waals surface area contributed by atoms with Gasteiger partial charge in [-0.25, -0.2) is 9.97 Å². The third-order valence-electron chi connectivity index (χ3n) is 6.59. The summed E-state index contributed by atoms with van der Waals surface area (Å²) < 4.78 is 5.85. The van der Waals surface area contributed by atoms with Crippen LogP contribution in [0.15, 0.2) is 54.6 Å². The molecule has 172 valence electrons. The quantitative estimate of drug-likeness (QED) is 0.598. The maximum Gasteiger partial charge on any atom is 0.258 e. The first kappa shape index (κ1) is 21.5. The molecule has 1 atom stereocenters. The smallest absolute Gasteiger partial charge is 0.258 e. The zero-order valence-electron chi connectivity index (χ0n) is 19.2. The molecule has 2 aliphatic heterocycles. The van der Waals surface area contributed by atoms with Crippen LogP contribution in [0.2, 0.25) is 0 Å². The predicted molar refractivity (Wildman–Crippen MR) is 131 cm³/mol. The van der Waals surface area contributed by atoms with Gasteiger partial charge in [-0.05, 0) is 44.0 Å². The SMILES string of the molecule is CCOc1nc2ccccc2nc1N1CCCC(C(=O)N2CCN(c3ccccc3)CC2)C1. The Balaban J connectivity index is 1.28. The molecule has 5 rings (SSSR count). The van der Waals surface area contributed by atoms with E-state index in [1.807, 2.05) is 42.2 Å². The third kappa shape index (κ3) is 4.58. The highest BCUT2D eigenvalue weighted by Gasteiger charge is 2.32. The number of carbonyl (C=O) groups excluding carboxylic acids is 1. The van der Waals surface area contributed by atoms with E-state index in [1.54, 1.807) is 0 Å². The van der Waals surface area contributed by atoms with Gasteiger partial charge in [0.05, 0.1) is 23.6 Å². The zero-order valence-corrected chi connectivity index (χ0v) is 19.2. The molecule has 1 unspecified atom stereocenters. The van der Waals surface area contributed by atoms with Crippen LogP contribution in [0.4, 0.5) is 11.5 Å². The number of nitrogens with zero attached hydrogens (tertiary/aromatic N) is 5. The van der Waals surface area contributed by atoms with E-state index in [9.17, 15) is 4.79 Å². The number of hydrogen-bond acceptors (Lipinski definition) is 6. The monoisotopic (exact) mass is 445 g/mol. The lowest BCUT2D eigenvalue weighted by Crippen LogP contribution is -2.52. The molecule has 7 nitrogen and oxygen atoms in total. The molecule has 3 heterocycles. The third-order valence-corrected chi connectivity index (χ3v) is 6.59. The Morgan fingerprint density at radius 3 is 2.33 bits per heavy atom. The molecular formula is C26H31N5O2. The molecule has 2 aliphatic rings. The summed E-state index contributed by atoms with van der Waals surface area (Å²) in [5, 5.41) is 0. The minimum Gasteiger partial charge on any atom is -0.475 e. The molecule has 1 amide bonds. The average molecular weight is 446 g/mol. The highest BCUT2D eigenvalue weighted by Crippen LogP contribution is 2.31. The number of fused-ring (bicyclic) bond motifs is 1. The van der Waals surface area contributed by atoms with E-state index < -0.39 is 0 Å². The van der Waals surface area contributed by atoms with Gasteiger partial charge in [0.15, 0.2) is 5.82 Å². The molecule has 0 spiro atoms. The number of aromatic nitrogens is 2. The van der Waals surface area contributed by atoms with Gasteiger partial charge in [-0.2, -0.15) is 0 Å². The standard InChI is InChI=1S/C26H31N5O2/c1-2-33-25-24(27-22-12-6-7-13-23(22)28-25)31-14-8-9-20(19-31)26(32)30-17-15-29(16-18-30)21-10-4-3-5-11-21/h3-7,10-13,20H,2,8-9,14-19H2,1H3. The van der Waals surface area contributed by atoms with Crippen molar-refractivity contribution in [3.63, 3.8) is 0 Å². The van der Waals surface area contributed by atoms with Gasteiger partial charge in [0.1, 0.15) is 0 Å². The molecule has 0 aliphatic carbocycles. The van der Waals surface area contributed by atoms with Gasteiger partial charge in [0, 0.05) is 45.0 Å². The molecule has 0 saturated carbocycles. The number of piperidine rings is 1. The molecule has 3 aromatic rings. The van der Waals surface area contributed by atoms with Gasteiger partial charge in [-0.15, -0.1) is 0 Å². The van der Waals surface area contributed by atoms with Crippen molar-refractivity contribution in [3.05, 3.63) is 54.6 Å². The second-order valence-corrected chi connectivity index (χ2v) is 8.71. The molecule has 0 radical (unpaired) electrons. The van der Waals surface area contributed by atoms with Crippen LogP contribution in [-0.4, -0.2) is 66.7 Å². The fraction of sp³-hybridized carbons (Fsp3) is 0.423. The van der Waals surface area contributed by atoms with E-state index in [2.05, 4.69) is 34.1 Å². The van der Waals surface area contributed by atoms with Crippen molar-refractivity contribution < 1.29 is 9.53 Å². The second-order valence-electron chi connectivity index (χ2n) is 8.71. The van der Waals surface area contributed by atoms with E-state index in [0.29, 0.717) is 19.0 Å². The topological polar surface area (TPSA) is 61.8 Å². The number of rotatable bonds is 5. The van der Waals surface area contributed by atoms with Crippen molar-refractivity contribution >= 4 is 28.4 Å². The summed E-state index contributed by atoms with van der Waals surface area (Å²) >= 11 is 0. The molecule has 2 aromatic carbocycles. The van der Waals surface area contributed by atoms with E-state index in [0.717, 1.165) is 62.4 Å². The normalized spacial score (nSPS) is 19.1. The van der Waals surface area contributed by atoms with Crippen molar-refractivity contribution in [2.45, 2.75) is 19.8 Å². The Labute approximate surface area is 195 Å². The number of para-hydroxylation sites is 3. The van der Waals surface area contributed by atoms with Gasteiger partial charge in [-0.1, -0.05) is 30.3 Å². The summed E-state index contributed by atoms with van der Waals surface area (Å²) in [6.45, 7) is 7.28. The van der Waals surface area contributed by atoms with E-state index in [4.69, 9.17) is 14.7 Å². The molecule has 2 saturated heterocycles. The van der Waals surface area contributed by atoms with E-state index in [1.165, 1.54) is 5.69 Å². The molecular weight excluding hydrogens is 414 g/mol. The number of carbonyl (C=O) groups is 1. The summed E-state index contributed by atoms with van der Waals surface area (Å²) in [7, 11) is 0. The Kier molecular flexibility index (Phi) is 6.28. The van der Waals surface area contributed by atoms with Gasteiger partial charge in [0.2, 0.25) is 5.91 Å². The fourth-order valence-corrected chi connectivity index (χ4v) is 4.87. The highest BCUT2D eigenvalue weighted by atomic mass is 16.5.